The van der Waals surface area contributed by atoms with Gasteiger partial charge in [0.25, 0.3) is 0 Å². The first-order valence-electron chi connectivity index (χ1n) is 8.16. The number of thiazole rings is 1. The van der Waals surface area contributed by atoms with E-state index in [-0.39, 0.29) is 0 Å². The van der Waals surface area contributed by atoms with Crippen LogP contribution in [0.3, 0.4) is 0 Å². The minimum Gasteiger partial charge on any atom is -0.297 e. The van der Waals surface area contributed by atoms with Gasteiger partial charge in [0, 0.05) is 9.40 Å². The minimum atomic E-state index is 0.823. The Bertz CT molecular complexity index is 975. The van der Waals surface area contributed by atoms with Crippen molar-refractivity contribution >= 4 is 59.9 Å². The summed E-state index contributed by atoms with van der Waals surface area (Å²) in [6, 6.07) is 10.3. The molecule has 0 amide bonds. The second-order valence-electron chi connectivity index (χ2n) is 5.81. The van der Waals surface area contributed by atoms with Crippen LogP contribution < -0.4 is 0 Å². The maximum Gasteiger partial charge on any atom is 0.160 e. The summed E-state index contributed by atoms with van der Waals surface area (Å²) in [6.07, 6.45) is 5.67. The van der Waals surface area contributed by atoms with Crippen molar-refractivity contribution in [3.05, 3.63) is 40.8 Å². The van der Waals surface area contributed by atoms with Crippen molar-refractivity contribution in [1.82, 2.24) is 4.98 Å². The van der Waals surface area contributed by atoms with Crippen LogP contribution in [0.15, 0.2) is 30.3 Å². The van der Waals surface area contributed by atoms with Gasteiger partial charge in [-0.1, -0.05) is 31.9 Å². The Morgan fingerprint density at radius 1 is 1.08 bits per heavy atom. The lowest BCUT2D eigenvalue weighted by molar-refractivity contribution is 0.112. The lowest BCUT2D eigenvalue weighted by Crippen LogP contribution is -1.86. The molecular weight excluding hydrogens is 354 g/mol. The highest BCUT2D eigenvalue weighted by molar-refractivity contribution is 7.32. The SMILES string of the molecule is CCCCCc1c(-c2nc3ccccc3s2)sc2cc(C=O)sc12. The van der Waals surface area contributed by atoms with Crippen LogP contribution in [0.4, 0.5) is 0 Å². The lowest BCUT2D eigenvalue weighted by atomic mass is 10.1. The Kier molecular flexibility index (Phi) is 4.48. The van der Waals surface area contributed by atoms with Crippen molar-refractivity contribution in [2.75, 3.05) is 0 Å². The number of benzene rings is 1. The van der Waals surface area contributed by atoms with E-state index in [0.717, 1.165) is 28.1 Å². The summed E-state index contributed by atoms with van der Waals surface area (Å²) in [7, 11) is 0. The van der Waals surface area contributed by atoms with Gasteiger partial charge in [-0.15, -0.1) is 34.0 Å². The minimum absolute atomic E-state index is 0.823. The number of carbonyl (C=O) groups is 1. The zero-order chi connectivity index (χ0) is 16.5. The van der Waals surface area contributed by atoms with Gasteiger partial charge in [0.1, 0.15) is 5.01 Å². The molecule has 0 unspecified atom stereocenters. The third kappa shape index (κ3) is 2.81. The smallest absolute Gasteiger partial charge is 0.160 e. The van der Waals surface area contributed by atoms with Gasteiger partial charge >= 0.3 is 0 Å². The van der Waals surface area contributed by atoms with E-state index in [1.54, 1.807) is 34.0 Å². The number of aromatic nitrogens is 1. The Hall–Kier alpha value is -1.56. The molecule has 0 saturated carbocycles. The van der Waals surface area contributed by atoms with Crippen molar-refractivity contribution in [3.63, 3.8) is 0 Å². The van der Waals surface area contributed by atoms with E-state index in [4.69, 9.17) is 4.98 Å². The highest BCUT2D eigenvalue weighted by Gasteiger charge is 2.19. The Labute approximate surface area is 152 Å². The van der Waals surface area contributed by atoms with Crippen molar-refractivity contribution in [2.24, 2.45) is 0 Å². The monoisotopic (exact) mass is 371 g/mol. The fraction of sp³-hybridized carbons (Fsp3) is 0.263. The maximum absolute atomic E-state index is 11.1. The first-order chi connectivity index (χ1) is 11.8. The first kappa shape index (κ1) is 15.9. The van der Waals surface area contributed by atoms with E-state index < -0.39 is 0 Å². The number of rotatable bonds is 6. The van der Waals surface area contributed by atoms with Crippen LogP contribution in [0, 0.1) is 0 Å². The van der Waals surface area contributed by atoms with E-state index in [9.17, 15) is 4.79 Å². The fourth-order valence-electron chi connectivity index (χ4n) is 2.93. The molecular formula is C19H17NOS3. The summed E-state index contributed by atoms with van der Waals surface area (Å²) >= 11 is 5.18. The molecule has 5 heteroatoms. The number of unbranched alkanes of at least 4 members (excludes halogenated alkanes) is 2. The zero-order valence-electron chi connectivity index (χ0n) is 13.4. The highest BCUT2D eigenvalue weighted by Crippen LogP contribution is 2.45. The second kappa shape index (κ2) is 6.75. The third-order valence-corrected chi connectivity index (χ3v) is 7.73. The number of thiophene rings is 2. The average molecular weight is 372 g/mol. The van der Waals surface area contributed by atoms with Crippen molar-refractivity contribution in [2.45, 2.75) is 32.6 Å². The van der Waals surface area contributed by atoms with E-state index in [1.165, 1.54) is 43.8 Å². The number of hydrogen-bond donors (Lipinski definition) is 0. The summed E-state index contributed by atoms with van der Waals surface area (Å²) in [5.41, 5.74) is 2.46. The van der Waals surface area contributed by atoms with Crippen LogP contribution in [-0.2, 0) is 6.42 Å². The molecule has 1 aromatic carbocycles. The van der Waals surface area contributed by atoms with Crippen LogP contribution in [0.1, 0.15) is 41.4 Å². The average Bonchev–Trinajstić information content (AvgIpc) is 3.27. The van der Waals surface area contributed by atoms with Gasteiger partial charge in [-0.25, -0.2) is 4.98 Å². The largest absolute Gasteiger partial charge is 0.297 e. The lowest BCUT2D eigenvalue weighted by Gasteiger charge is -2.01. The first-order valence-corrected chi connectivity index (χ1v) is 10.6. The second-order valence-corrected chi connectivity index (χ2v) is 8.98. The molecule has 3 aromatic heterocycles. The summed E-state index contributed by atoms with van der Waals surface area (Å²) in [4.78, 5) is 18.1. The highest BCUT2D eigenvalue weighted by atomic mass is 32.1. The van der Waals surface area contributed by atoms with E-state index >= 15 is 0 Å². The number of fused-ring (bicyclic) bond motifs is 2. The Morgan fingerprint density at radius 3 is 2.75 bits per heavy atom. The summed E-state index contributed by atoms with van der Waals surface area (Å²) in [5, 5.41) is 1.11. The van der Waals surface area contributed by atoms with E-state index in [1.807, 2.05) is 12.1 Å². The third-order valence-electron chi connectivity index (χ3n) is 4.11. The molecule has 0 fully saturated rings. The number of aldehydes is 1. The van der Waals surface area contributed by atoms with E-state index in [0.29, 0.717) is 0 Å². The van der Waals surface area contributed by atoms with Gasteiger partial charge in [0.2, 0.25) is 0 Å². The van der Waals surface area contributed by atoms with Crippen LogP contribution >= 0.6 is 34.0 Å². The van der Waals surface area contributed by atoms with Gasteiger partial charge in [-0.05, 0) is 36.6 Å². The molecule has 4 rings (SSSR count). The van der Waals surface area contributed by atoms with Gasteiger partial charge in [-0.3, -0.25) is 4.79 Å². The number of carbonyl (C=O) groups excluding carboxylic acids is 1. The predicted molar refractivity (Wildman–Crippen MR) is 107 cm³/mol. The molecule has 122 valence electrons. The molecule has 24 heavy (non-hydrogen) atoms. The predicted octanol–water partition coefficient (Wildman–Crippen LogP) is 6.78. The zero-order valence-corrected chi connectivity index (χ0v) is 15.8. The molecule has 0 saturated heterocycles. The molecule has 0 spiro atoms. The molecule has 0 bridgehead atoms. The Balaban J connectivity index is 1.84. The van der Waals surface area contributed by atoms with E-state index in [2.05, 4.69) is 25.1 Å². The molecule has 0 atom stereocenters. The Morgan fingerprint density at radius 2 is 1.96 bits per heavy atom. The molecule has 2 nitrogen and oxygen atoms in total. The normalized spacial score (nSPS) is 11.5. The maximum atomic E-state index is 11.1. The number of nitrogens with zero attached hydrogens (tertiary/aromatic N) is 1. The van der Waals surface area contributed by atoms with Crippen LogP contribution in [-0.4, -0.2) is 11.3 Å². The summed E-state index contributed by atoms with van der Waals surface area (Å²) < 4.78 is 3.74. The molecule has 0 N–H and O–H groups in total. The summed E-state index contributed by atoms with van der Waals surface area (Å²) in [6.45, 7) is 2.23. The molecule has 0 radical (unpaired) electrons. The fourth-order valence-corrected chi connectivity index (χ4v) is 6.53. The van der Waals surface area contributed by atoms with Crippen molar-refractivity contribution < 1.29 is 4.79 Å². The molecule has 0 aliphatic heterocycles. The van der Waals surface area contributed by atoms with Crippen LogP contribution in [0.2, 0.25) is 0 Å². The van der Waals surface area contributed by atoms with Crippen LogP contribution in [0.5, 0.6) is 0 Å². The number of para-hydroxylation sites is 1. The molecule has 0 aliphatic rings. The van der Waals surface area contributed by atoms with Gasteiger partial charge in [0.15, 0.2) is 6.29 Å². The van der Waals surface area contributed by atoms with Gasteiger partial charge in [-0.2, -0.15) is 0 Å². The summed E-state index contributed by atoms with van der Waals surface area (Å²) in [5.74, 6) is 0. The van der Waals surface area contributed by atoms with Crippen LogP contribution in [0.25, 0.3) is 29.5 Å². The molecule has 0 aliphatic carbocycles. The van der Waals surface area contributed by atoms with Gasteiger partial charge < -0.3 is 0 Å². The number of hydrogen-bond acceptors (Lipinski definition) is 5. The number of aryl methyl sites for hydroxylation is 1. The molecule has 4 aromatic rings. The van der Waals surface area contributed by atoms with Crippen molar-refractivity contribution in [1.29, 1.82) is 0 Å². The van der Waals surface area contributed by atoms with Crippen molar-refractivity contribution in [3.8, 4) is 9.88 Å². The quantitative estimate of drug-likeness (QED) is 0.276. The van der Waals surface area contributed by atoms with Gasteiger partial charge in [0.05, 0.1) is 20.0 Å². The topological polar surface area (TPSA) is 30.0 Å². The standard InChI is InChI=1S/C19H17NOS3/c1-2-3-4-7-13-17-16(10-12(11-21)22-17)23-18(13)19-20-14-8-5-6-9-15(14)24-19/h5-6,8-11H,2-4,7H2,1H3. The molecule has 3 heterocycles.